The van der Waals surface area contributed by atoms with Crippen molar-refractivity contribution in [3.8, 4) is 0 Å². The zero-order valence-corrected chi connectivity index (χ0v) is 10.2. The third-order valence-corrected chi connectivity index (χ3v) is 4.17. The van der Waals surface area contributed by atoms with Crippen molar-refractivity contribution in [1.82, 2.24) is 4.72 Å². The fourth-order valence-corrected chi connectivity index (χ4v) is 3.15. The molecule has 1 aliphatic carbocycles. The number of rotatable bonds is 4. The van der Waals surface area contributed by atoms with Crippen molar-refractivity contribution in [3.63, 3.8) is 0 Å². The summed E-state index contributed by atoms with van der Waals surface area (Å²) in [6.07, 6.45) is -4.37. The molecule has 0 saturated heterocycles. The minimum absolute atomic E-state index is 0.0724. The highest BCUT2D eigenvalue weighted by Crippen LogP contribution is 2.37. The molecule has 0 aromatic rings. The van der Waals surface area contributed by atoms with E-state index in [1.165, 1.54) is 0 Å². The SMILES string of the molecule is O=C(O)CS(=O)(=O)NC1CCC(C(F)(F)F)CC1. The molecule has 1 saturated carbocycles. The largest absolute Gasteiger partial charge is 0.480 e. The number of carbonyl (C=O) groups is 1. The molecule has 18 heavy (non-hydrogen) atoms. The molecule has 0 bridgehead atoms. The normalized spacial score (nSPS) is 25.9. The van der Waals surface area contributed by atoms with Gasteiger partial charge in [0.1, 0.15) is 0 Å². The second-order valence-electron chi connectivity index (χ2n) is 4.36. The third-order valence-electron chi connectivity index (χ3n) is 2.85. The number of sulfonamides is 1. The minimum Gasteiger partial charge on any atom is -0.480 e. The van der Waals surface area contributed by atoms with Crippen LogP contribution in [-0.4, -0.2) is 37.5 Å². The summed E-state index contributed by atoms with van der Waals surface area (Å²) in [4.78, 5) is 10.3. The summed E-state index contributed by atoms with van der Waals surface area (Å²) in [5, 5.41) is 8.36. The van der Waals surface area contributed by atoms with Gasteiger partial charge in [0.05, 0.1) is 5.92 Å². The van der Waals surface area contributed by atoms with E-state index in [-0.39, 0.29) is 25.7 Å². The van der Waals surface area contributed by atoms with Gasteiger partial charge in [-0.1, -0.05) is 0 Å². The molecule has 0 spiro atoms. The molecule has 9 heteroatoms. The highest BCUT2D eigenvalue weighted by Gasteiger charge is 2.41. The average molecular weight is 289 g/mol. The lowest BCUT2D eigenvalue weighted by molar-refractivity contribution is -0.182. The van der Waals surface area contributed by atoms with E-state index in [2.05, 4.69) is 4.72 Å². The molecule has 0 amide bonds. The van der Waals surface area contributed by atoms with Crippen molar-refractivity contribution < 1.29 is 31.5 Å². The van der Waals surface area contributed by atoms with Gasteiger partial charge >= 0.3 is 12.1 Å². The van der Waals surface area contributed by atoms with Crippen molar-refractivity contribution in [2.45, 2.75) is 37.9 Å². The van der Waals surface area contributed by atoms with Crippen LogP contribution < -0.4 is 4.72 Å². The van der Waals surface area contributed by atoms with Crippen LogP contribution in [-0.2, 0) is 14.8 Å². The molecule has 5 nitrogen and oxygen atoms in total. The summed E-state index contributed by atoms with van der Waals surface area (Å²) in [5.74, 6) is -3.95. The van der Waals surface area contributed by atoms with E-state index in [0.29, 0.717) is 0 Å². The monoisotopic (exact) mass is 289 g/mol. The first-order valence-corrected chi connectivity index (χ1v) is 7.04. The van der Waals surface area contributed by atoms with Gasteiger partial charge in [-0.05, 0) is 25.7 Å². The van der Waals surface area contributed by atoms with Gasteiger partial charge in [0.15, 0.2) is 5.75 Å². The maximum atomic E-state index is 12.4. The summed E-state index contributed by atoms with van der Waals surface area (Å²) in [7, 11) is -3.96. The topological polar surface area (TPSA) is 83.5 Å². The summed E-state index contributed by atoms with van der Waals surface area (Å²) in [6, 6.07) is -0.604. The summed E-state index contributed by atoms with van der Waals surface area (Å²) >= 11 is 0. The quantitative estimate of drug-likeness (QED) is 0.812. The Balaban J connectivity index is 2.47. The zero-order chi connectivity index (χ0) is 14.0. The van der Waals surface area contributed by atoms with Crippen LogP contribution >= 0.6 is 0 Å². The van der Waals surface area contributed by atoms with E-state index in [1.54, 1.807) is 0 Å². The predicted octanol–water partition coefficient (Wildman–Crippen LogP) is 1.11. The van der Waals surface area contributed by atoms with E-state index >= 15 is 0 Å². The molecule has 0 aromatic heterocycles. The van der Waals surface area contributed by atoms with Crippen LogP contribution in [0.2, 0.25) is 0 Å². The van der Waals surface area contributed by atoms with E-state index in [1.807, 2.05) is 0 Å². The van der Waals surface area contributed by atoms with Gasteiger partial charge in [0, 0.05) is 6.04 Å². The first kappa shape index (κ1) is 15.2. The molecule has 1 aliphatic rings. The third kappa shape index (κ3) is 4.81. The van der Waals surface area contributed by atoms with Crippen LogP contribution in [0.5, 0.6) is 0 Å². The second-order valence-corrected chi connectivity index (χ2v) is 6.11. The van der Waals surface area contributed by atoms with Crippen LogP contribution in [0.1, 0.15) is 25.7 Å². The van der Waals surface area contributed by atoms with Crippen molar-refractivity contribution in [2.75, 3.05) is 5.75 Å². The Morgan fingerprint density at radius 2 is 1.72 bits per heavy atom. The molecule has 0 atom stereocenters. The maximum Gasteiger partial charge on any atom is 0.391 e. The Morgan fingerprint density at radius 1 is 1.22 bits per heavy atom. The van der Waals surface area contributed by atoms with Gasteiger partial charge in [-0.2, -0.15) is 13.2 Å². The van der Waals surface area contributed by atoms with Crippen LogP contribution in [0.15, 0.2) is 0 Å². The van der Waals surface area contributed by atoms with Crippen molar-refractivity contribution in [2.24, 2.45) is 5.92 Å². The van der Waals surface area contributed by atoms with Gasteiger partial charge in [0.2, 0.25) is 10.0 Å². The zero-order valence-electron chi connectivity index (χ0n) is 9.40. The van der Waals surface area contributed by atoms with E-state index in [0.717, 1.165) is 0 Å². The summed E-state index contributed by atoms with van der Waals surface area (Å²) < 4.78 is 61.8. The minimum atomic E-state index is -4.25. The Bertz CT molecular complexity index is 399. The smallest absolute Gasteiger partial charge is 0.391 e. The average Bonchev–Trinajstić information content (AvgIpc) is 2.13. The van der Waals surface area contributed by atoms with Gasteiger partial charge in [-0.15, -0.1) is 0 Å². The van der Waals surface area contributed by atoms with Crippen LogP contribution in [0.3, 0.4) is 0 Å². The fraction of sp³-hybridized carbons (Fsp3) is 0.889. The highest BCUT2D eigenvalue weighted by molar-refractivity contribution is 7.90. The van der Waals surface area contributed by atoms with Crippen molar-refractivity contribution in [1.29, 1.82) is 0 Å². The highest BCUT2D eigenvalue weighted by atomic mass is 32.2. The lowest BCUT2D eigenvalue weighted by Crippen LogP contribution is -2.41. The number of carboxylic acid groups (broad SMARTS) is 1. The summed E-state index contributed by atoms with van der Waals surface area (Å²) in [5.41, 5.74) is 0. The van der Waals surface area contributed by atoms with Crippen LogP contribution in [0.25, 0.3) is 0 Å². The Morgan fingerprint density at radius 3 is 2.11 bits per heavy atom. The van der Waals surface area contributed by atoms with E-state index in [9.17, 15) is 26.4 Å². The lowest BCUT2D eigenvalue weighted by Gasteiger charge is -2.29. The van der Waals surface area contributed by atoms with Gasteiger partial charge in [-0.3, -0.25) is 4.79 Å². The molecule has 106 valence electrons. The number of hydrogen-bond acceptors (Lipinski definition) is 3. The van der Waals surface area contributed by atoms with Crippen molar-refractivity contribution >= 4 is 16.0 Å². The molecule has 0 radical (unpaired) electrons. The number of alkyl halides is 3. The van der Waals surface area contributed by atoms with Crippen LogP contribution in [0, 0.1) is 5.92 Å². The molecule has 1 fully saturated rings. The lowest BCUT2D eigenvalue weighted by atomic mass is 9.86. The number of halogens is 3. The molecule has 0 aliphatic heterocycles. The Labute approximate surface area is 102 Å². The molecular weight excluding hydrogens is 275 g/mol. The standard InChI is InChI=1S/C9H14F3NO4S/c10-9(11,12)6-1-3-7(4-2-6)13-18(16,17)5-8(14)15/h6-7,13H,1-5H2,(H,14,15). The first-order chi connectivity index (χ1) is 8.10. The van der Waals surface area contributed by atoms with E-state index in [4.69, 9.17) is 5.11 Å². The molecule has 1 rings (SSSR count). The number of carboxylic acids is 1. The van der Waals surface area contributed by atoms with Crippen molar-refractivity contribution in [3.05, 3.63) is 0 Å². The van der Waals surface area contributed by atoms with Gasteiger partial charge in [0.25, 0.3) is 0 Å². The van der Waals surface area contributed by atoms with Crippen LogP contribution in [0.4, 0.5) is 13.2 Å². The predicted molar refractivity (Wildman–Crippen MR) is 56.4 cm³/mol. The summed E-state index contributed by atoms with van der Waals surface area (Å²) in [6.45, 7) is 0. The number of aliphatic carboxylic acids is 1. The van der Waals surface area contributed by atoms with Gasteiger partial charge < -0.3 is 5.11 Å². The Hall–Kier alpha value is -0.830. The van der Waals surface area contributed by atoms with Gasteiger partial charge in [-0.25, -0.2) is 13.1 Å². The number of hydrogen-bond donors (Lipinski definition) is 2. The molecule has 0 heterocycles. The molecule has 0 unspecified atom stereocenters. The second kappa shape index (κ2) is 5.43. The first-order valence-electron chi connectivity index (χ1n) is 5.38. The molecular formula is C9H14F3NO4S. The maximum absolute atomic E-state index is 12.4. The molecule has 2 N–H and O–H groups in total. The fourth-order valence-electron chi connectivity index (χ4n) is 2.00. The van der Waals surface area contributed by atoms with E-state index < -0.39 is 39.9 Å². The Kier molecular flexibility index (Phi) is 4.60. The molecule has 0 aromatic carbocycles. The number of nitrogens with one attached hydrogen (secondary N) is 1.